The molecule has 1 aromatic carbocycles. The summed E-state index contributed by atoms with van der Waals surface area (Å²) in [6.45, 7) is 5.12. The Morgan fingerprint density at radius 3 is 2.52 bits per heavy atom. The van der Waals surface area contributed by atoms with Crippen LogP contribution in [0.4, 0.5) is 4.79 Å². The van der Waals surface area contributed by atoms with E-state index in [-0.39, 0.29) is 6.42 Å². The molecule has 2 N–H and O–H groups in total. The molecule has 2 rings (SSSR count). The third-order valence-electron chi connectivity index (χ3n) is 2.90. The largest absolute Gasteiger partial charge is 0.480 e. The number of para-hydroxylation sites is 2. The zero-order valence-electron chi connectivity index (χ0n) is 13.2. The van der Waals surface area contributed by atoms with Crippen LogP contribution < -0.4 is 5.32 Å². The van der Waals surface area contributed by atoms with Crippen molar-refractivity contribution in [1.29, 1.82) is 0 Å². The lowest BCUT2D eigenvalue weighted by atomic mass is 10.1. The Hall–Kier alpha value is -2.70. The monoisotopic (exact) mass is 317 g/mol. The summed E-state index contributed by atoms with van der Waals surface area (Å²) in [6, 6.07) is 6.15. The number of nitrogens with one attached hydrogen (secondary N) is 1. The summed E-state index contributed by atoms with van der Waals surface area (Å²) in [4.78, 5) is 31.7. The number of nitrogens with zero attached hydrogens (tertiary/aromatic N) is 2. The summed E-state index contributed by atoms with van der Waals surface area (Å²) in [5, 5.41) is 11.6. The quantitative estimate of drug-likeness (QED) is 0.896. The lowest BCUT2D eigenvalue weighted by molar-refractivity contribution is -0.139. The van der Waals surface area contributed by atoms with E-state index in [9.17, 15) is 14.7 Å². The number of hydrogen-bond acceptors (Lipinski definition) is 5. The number of benzene rings is 1. The Kier molecular flexibility index (Phi) is 4.78. The first-order valence-corrected chi connectivity index (χ1v) is 7.17. The smallest absolute Gasteiger partial charge is 0.408 e. The first-order chi connectivity index (χ1) is 10.7. The van der Waals surface area contributed by atoms with Crippen LogP contribution in [0.25, 0.3) is 11.0 Å². The summed E-state index contributed by atoms with van der Waals surface area (Å²) in [7, 11) is 0. The van der Waals surface area contributed by atoms with Crippen molar-refractivity contribution in [2.24, 2.45) is 0 Å². The second-order valence-corrected chi connectivity index (χ2v) is 6.09. The molecule has 23 heavy (non-hydrogen) atoms. The van der Waals surface area contributed by atoms with Crippen LogP contribution in [0.5, 0.6) is 0 Å². The molecule has 0 fully saturated rings. The summed E-state index contributed by atoms with van der Waals surface area (Å²) in [5.41, 5.74) is 1.18. The van der Waals surface area contributed by atoms with Gasteiger partial charge in [0.2, 0.25) is 0 Å². The van der Waals surface area contributed by atoms with Gasteiger partial charge in [-0.2, -0.15) is 0 Å². The van der Waals surface area contributed by atoms with Gasteiger partial charge in [0.15, 0.2) is 0 Å². The molecule has 0 aliphatic carbocycles. The molecule has 2 aromatic rings. The number of carboxylic acids is 1. The zero-order valence-corrected chi connectivity index (χ0v) is 13.2. The summed E-state index contributed by atoms with van der Waals surface area (Å²) in [6.07, 6.45) is 0.750. The molecule has 0 radical (unpaired) electrons. The summed E-state index contributed by atoms with van der Waals surface area (Å²) < 4.78 is 5.08. The highest BCUT2D eigenvalue weighted by molar-refractivity contribution is 5.80. The fourth-order valence-electron chi connectivity index (χ4n) is 1.95. The van der Waals surface area contributed by atoms with Crippen molar-refractivity contribution in [3.8, 4) is 0 Å². The fraction of sp³-hybridized carbons (Fsp3) is 0.375. The van der Waals surface area contributed by atoms with Crippen molar-refractivity contribution in [3.05, 3.63) is 36.2 Å². The number of rotatable bonds is 4. The minimum absolute atomic E-state index is 0.0202. The maximum atomic E-state index is 11.7. The molecule has 0 saturated carbocycles. The number of aromatic nitrogens is 2. The van der Waals surface area contributed by atoms with Crippen molar-refractivity contribution in [2.45, 2.75) is 38.8 Å². The Morgan fingerprint density at radius 2 is 1.91 bits per heavy atom. The normalized spacial score (nSPS) is 12.7. The number of carbonyl (C=O) groups excluding carboxylic acids is 1. The van der Waals surface area contributed by atoms with Gasteiger partial charge >= 0.3 is 12.1 Å². The predicted molar refractivity (Wildman–Crippen MR) is 84.0 cm³/mol. The molecule has 1 aromatic heterocycles. The van der Waals surface area contributed by atoms with Crippen LogP contribution in [0.1, 0.15) is 26.5 Å². The average Bonchev–Trinajstić information content (AvgIpc) is 2.44. The maximum absolute atomic E-state index is 11.7. The highest BCUT2D eigenvalue weighted by atomic mass is 16.6. The van der Waals surface area contributed by atoms with Crippen molar-refractivity contribution in [3.63, 3.8) is 0 Å². The van der Waals surface area contributed by atoms with Gasteiger partial charge in [0.25, 0.3) is 0 Å². The van der Waals surface area contributed by atoms with E-state index in [0.29, 0.717) is 11.2 Å². The van der Waals surface area contributed by atoms with Crippen molar-refractivity contribution >= 4 is 23.1 Å². The molecule has 1 atom stereocenters. The predicted octanol–water partition coefficient (Wildman–Crippen LogP) is 2.15. The molecule has 0 bridgehead atoms. The van der Waals surface area contributed by atoms with Crippen LogP contribution >= 0.6 is 0 Å². The molecule has 1 heterocycles. The van der Waals surface area contributed by atoms with E-state index in [4.69, 9.17) is 4.74 Å². The second-order valence-electron chi connectivity index (χ2n) is 6.09. The van der Waals surface area contributed by atoms with Gasteiger partial charge in [-0.1, -0.05) is 12.1 Å². The van der Waals surface area contributed by atoms with Crippen molar-refractivity contribution in [1.82, 2.24) is 15.3 Å². The minimum Gasteiger partial charge on any atom is -0.480 e. The molecule has 0 saturated heterocycles. The van der Waals surface area contributed by atoms with Crippen molar-refractivity contribution < 1.29 is 19.4 Å². The molecular formula is C16H19N3O4. The molecule has 122 valence electrons. The Morgan fingerprint density at radius 1 is 1.26 bits per heavy atom. The van der Waals surface area contributed by atoms with E-state index in [1.165, 1.54) is 6.20 Å². The molecule has 7 heteroatoms. The number of hydrogen-bond donors (Lipinski definition) is 2. The molecule has 0 aliphatic rings. The molecule has 1 amide bonds. The number of aliphatic carboxylic acids is 1. The van der Waals surface area contributed by atoms with Crippen LogP contribution in [-0.2, 0) is 16.0 Å². The third-order valence-corrected chi connectivity index (χ3v) is 2.90. The lowest BCUT2D eigenvalue weighted by Gasteiger charge is -2.21. The molecule has 0 aliphatic heterocycles. The first-order valence-electron chi connectivity index (χ1n) is 7.17. The molecular weight excluding hydrogens is 298 g/mol. The standard InChI is InChI=1S/C16H19N3O4/c1-16(2,3)23-15(22)19-13(14(20)21)8-10-9-17-11-6-4-5-7-12(11)18-10/h4-7,9,13H,8H2,1-3H3,(H,19,22)(H,20,21)/t13-/m1/s1. The Balaban J connectivity index is 2.11. The number of fused-ring (bicyclic) bond motifs is 1. The van der Waals surface area contributed by atoms with E-state index >= 15 is 0 Å². The second kappa shape index (κ2) is 6.60. The first kappa shape index (κ1) is 16.7. The Labute approximate surface area is 133 Å². The average molecular weight is 317 g/mol. The number of carbonyl (C=O) groups is 2. The van der Waals surface area contributed by atoms with Crippen LogP contribution in [0.3, 0.4) is 0 Å². The van der Waals surface area contributed by atoms with E-state index in [2.05, 4.69) is 15.3 Å². The SMILES string of the molecule is CC(C)(C)OC(=O)N[C@H](Cc1cnc2ccccc2n1)C(=O)O. The van der Waals surface area contributed by atoms with Gasteiger partial charge in [-0.25, -0.2) is 14.6 Å². The van der Waals surface area contributed by atoms with Gasteiger partial charge in [-0.15, -0.1) is 0 Å². The highest BCUT2D eigenvalue weighted by Crippen LogP contribution is 2.11. The number of amides is 1. The van der Waals surface area contributed by atoms with Crippen molar-refractivity contribution in [2.75, 3.05) is 0 Å². The van der Waals surface area contributed by atoms with E-state index < -0.39 is 23.7 Å². The van der Waals surface area contributed by atoms with Crippen LogP contribution in [0, 0.1) is 0 Å². The van der Waals surface area contributed by atoms with Crippen LogP contribution in [-0.4, -0.2) is 38.8 Å². The van der Waals surface area contributed by atoms with Gasteiger partial charge in [0.05, 0.1) is 16.7 Å². The fourth-order valence-corrected chi connectivity index (χ4v) is 1.95. The van der Waals surface area contributed by atoms with Gasteiger partial charge in [-0.3, -0.25) is 4.98 Å². The molecule has 0 unspecified atom stereocenters. The number of ether oxygens (including phenoxy) is 1. The Bertz CT molecular complexity index is 725. The maximum Gasteiger partial charge on any atom is 0.408 e. The van der Waals surface area contributed by atoms with Gasteiger partial charge in [0, 0.05) is 12.6 Å². The minimum atomic E-state index is -1.16. The number of alkyl carbamates (subject to hydrolysis) is 1. The van der Waals surface area contributed by atoms with E-state index in [1.807, 2.05) is 18.2 Å². The summed E-state index contributed by atoms with van der Waals surface area (Å²) in [5.74, 6) is -1.16. The number of carboxylic acid groups (broad SMARTS) is 1. The van der Waals surface area contributed by atoms with Crippen LogP contribution in [0.2, 0.25) is 0 Å². The van der Waals surface area contributed by atoms with E-state index in [0.717, 1.165) is 5.52 Å². The highest BCUT2D eigenvalue weighted by Gasteiger charge is 2.24. The molecule has 0 spiro atoms. The zero-order chi connectivity index (χ0) is 17.0. The van der Waals surface area contributed by atoms with Gasteiger partial charge in [-0.05, 0) is 32.9 Å². The topological polar surface area (TPSA) is 101 Å². The summed E-state index contributed by atoms with van der Waals surface area (Å²) >= 11 is 0. The van der Waals surface area contributed by atoms with Gasteiger partial charge in [0.1, 0.15) is 11.6 Å². The lowest BCUT2D eigenvalue weighted by Crippen LogP contribution is -2.44. The van der Waals surface area contributed by atoms with Gasteiger partial charge < -0.3 is 15.2 Å². The molecule has 7 nitrogen and oxygen atoms in total. The van der Waals surface area contributed by atoms with Crippen LogP contribution in [0.15, 0.2) is 30.5 Å². The third kappa shape index (κ3) is 4.91. The van der Waals surface area contributed by atoms with E-state index in [1.54, 1.807) is 26.8 Å².